The SMILES string of the molecule is COCCC1(CNc2nccn3nc(C(C)C)cc23)CC1. The Balaban J connectivity index is 1.75. The molecule has 1 N–H and O–H groups in total. The van der Waals surface area contributed by atoms with Gasteiger partial charge in [-0.05, 0) is 36.7 Å². The van der Waals surface area contributed by atoms with Crippen molar-refractivity contribution in [3.05, 3.63) is 24.2 Å². The van der Waals surface area contributed by atoms with Gasteiger partial charge in [0, 0.05) is 32.7 Å². The van der Waals surface area contributed by atoms with Gasteiger partial charge in [0.15, 0.2) is 5.82 Å². The van der Waals surface area contributed by atoms with E-state index < -0.39 is 0 Å². The van der Waals surface area contributed by atoms with Gasteiger partial charge in [0.2, 0.25) is 0 Å². The highest BCUT2D eigenvalue weighted by molar-refractivity contribution is 5.68. The lowest BCUT2D eigenvalue weighted by Gasteiger charge is -2.16. The number of rotatable bonds is 7. The third kappa shape index (κ3) is 3.02. The second kappa shape index (κ2) is 5.64. The van der Waals surface area contributed by atoms with Gasteiger partial charge < -0.3 is 10.1 Å². The first-order valence-corrected chi connectivity index (χ1v) is 7.71. The number of anilines is 1. The summed E-state index contributed by atoms with van der Waals surface area (Å²) in [4.78, 5) is 4.49. The van der Waals surface area contributed by atoms with Gasteiger partial charge in [-0.3, -0.25) is 0 Å². The average molecular weight is 288 g/mol. The van der Waals surface area contributed by atoms with E-state index in [0.29, 0.717) is 11.3 Å². The standard InChI is InChI=1S/C16H24N4O/c1-12(2)13-10-14-15(17-7-8-20(14)19-13)18-11-16(4-5-16)6-9-21-3/h7-8,10,12H,4-6,9,11H2,1-3H3,(H,17,18). The van der Waals surface area contributed by atoms with Gasteiger partial charge in [0.05, 0.1) is 5.69 Å². The molecular formula is C16H24N4O. The van der Waals surface area contributed by atoms with Crippen LogP contribution in [-0.2, 0) is 4.74 Å². The van der Waals surface area contributed by atoms with Gasteiger partial charge in [-0.1, -0.05) is 13.8 Å². The van der Waals surface area contributed by atoms with E-state index in [0.717, 1.165) is 36.6 Å². The van der Waals surface area contributed by atoms with Crippen molar-refractivity contribution < 1.29 is 4.74 Å². The summed E-state index contributed by atoms with van der Waals surface area (Å²) in [5.74, 6) is 1.36. The Bertz CT molecular complexity index is 616. The predicted molar refractivity (Wildman–Crippen MR) is 83.7 cm³/mol. The van der Waals surface area contributed by atoms with Crippen LogP contribution in [0.1, 0.15) is 44.7 Å². The minimum absolute atomic E-state index is 0.408. The Hall–Kier alpha value is -1.62. The van der Waals surface area contributed by atoms with Crippen LogP contribution in [0.3, 0.4) is 0 Å². The van der Waals surface area contributed by atoms with Gasteiger partial charge >= 0.3 is 0 Å². The van der Waals surface area contributed by atoms with Crippen LogP contribution in [0.5, 0.6) is 0 Å². The fourth-order valence-electron chi connectivity index (χ4n) is 2.64. The fourth-order valence-corrected chi connectivity index (χ4v) is 2.64. The van der Waals surface area contributed by atoms with E-state index in [-0.39, 0.29) is 0 Å². The van der Waals surface area contributed by atoms with Crippen LogP contribution in [0.2, 0.25) is 0 Å². The minimum atomic E-state index is 0.408. The van der Waals surface area contributed by atoms with E-state index in [1.54, 1.807) is 13.3 Å². The fraction of sp³-hybridized carbons (Fsp3) is 0.625. The zero-order chi connectivity index (χ0) is 14.9. The zero-order valence-electron chi connectivity index (χ0n) is 13.1. The molecular weight excluding hydrogens is 264 g/mol. The van der Waals surface area contributed by atoms with Crippen molar-refractivity contribution in [2.75, 3.05) is 25.6 Å². The predicted octanol–water partition coefficient (Wildman–Crippen LogP) is 3.08. The molecule has 1 fully saturated rings. The third-order valence-electron chi connectivity index (χ3n) is 4.42. The Morgan fingerprint density at radius 2 is 2.24 bits per heavy atom. The molecule has 0 spiro atoms. The van der Waals surface area contributed by atoms with E-state index in [1.165, 1.54) is 12.8 Å². The van der Waals surface area contributed by atoms with Crippen LogP contribution >= 0.6 is 0 Å². The summed E-state index contributed by atoms with van der Waals surface area (Å²) in [6.07, 6.45) is 7.40. The molecule has 0 unspecified atom stereocenters. The summed E-state index contributed by atoms with van der Waals surface area (Å²) in [7, 11) is 1.77. The number of hydrogen-bond donors (Lipinski definition) is 1. The summed E-state index contributed by atoms with van der Waals surface area (Å²) < 4.78 is 7.13. The number of nitrogens with zero attached hydrogens (tertiary/aromatic N) is 3. The van der Waals surface area contributed by atoms with Crippen LogP contribution in [0.4, 0.5) is 5.82 Å². The Kier molecular flexibility index (Phi) is 3.85. The summed E-state index contributed by atoms with van der Waals surface area (Å²) >= 11 is 0. The maximum absolute atomic E-state index is 5.21. The molecule has 5 heteroatoms. The number of methoxy groups -OCH3 is 1. The van der Waals surface area contributed by atoms with Crippen LogP contribution in [0.15, 0.2) is 18.5 Å². The number of fused-ring (bicyclic) bond motifs is 1. The van der Waals surface area contributed by atoms with E-state index in [1.807, 2.05) is 10.7 Å². The van der Waals surface area contributed by atoms with E-state index >= 15 is 0 Å². The maximum atomic E-state index is 5.21. The quantitative estimate of drug-likeness (QED) is 0.850. The maximum Gasteiger partial charge on any atom is 0.152 e. The molecule has 0 atom stereocenters. The summed E-state index contributed by atoms with van der Waals surface area (Å²) in [5, 5.41) is 8.12. The first kappa shape index (κ1) is 14.3. The molecule has 0 saturated heterocycles. The molecule has 0 radical (unpaired) electrons. The van der Waals surface area contributed by atoms with Gasteiger partial charge in [-0.15, -0.1) is 0 Å². The molecule has 21 heavy (non-hydrogen) atoms. The molecule has 114 valence electrons. The van der Waals surface area contributed by atoms with Crippen molar-refractivity contribution >= 4 is 11.3 Å². The second-order valence-corrected chi connectivity index (χ2v) is 6.43. The molecule has 1 aliphatic rings. The number of hydrogen-bond acceptors (Lipinski definition) is 4. The van der Waals surface area contributed by atoms with Gasteiger partial charge in [0.25, 0.3) is 0 Å². The topological polar surface area (TPSA) is 51.5 Å². The van der Waals surface area contributed by atoms with Crippen molar-refractivity contribution in [1.82, 2.24) is 14.6 Å². The Morgan fingerprint density at radius 1 is 1.43 bits per heavy atom. The highest BCUT2D eigenvalue weighted by atomic mass is 16.5. The normalized spacial score (nSPS) is 16.6. The lowest BCUT2D eigenvalue weighted by molar-refractivity contribution is 0.175. The summed E-state index contributed by atoms with van der Waals surface area (Å²) in [6.45, 7) is 6.12. The van der Waals surface area contributed by atoms with Crippen molar-refractivity contribution in [3.63, 3.8) is 0 Å². The van der Waals surface area contributed by atoms with Crippen LogP contribution < -0.4 is 5.32 Å². The number of aromatic nitrogens is 3. The van der Waals surface area contributed by atoms with Crippen LogP contribution in [-0.4, -0.2) is 34.9 Å². The highest BCUT2D eigenvalue weighted by Crippen LogP contribution is 2.48. The van der Waals surface area contributed by atoms with E-state index in [9.17, 15) is 0 Å². The smallest absolute Gasteiger partial charge is 0.152 e. The van der Waals surface area contributed by atoms with Crippen LogP contribution in [0.25, 0.3) is 5.52 Å². The second-order valence-electron chi connectivity index (χ2n) is 6.43. The van der Waals surface area contributed by atoms with Gasteiger partial charge in [-0.25, -0.2) is 9.50 Å². The molecule has 2 aromatic heterocycles. The average Bonchev–Trinajstić information content (AvgIpc) is 3.10. The highest BCUT2D eigenvalue weighted by Gasteiger charge is 2.41. The molecule has 0 aromatic carbocycles. The van der Waals surface area contributed by atoms with E-state index in [4.69, 9.17) is 4.74 Å². The first-order valence-electron chi connectivity index (χ1n) is 7.71. The Labute approximate surface area is 125 Å². The van der Waals surface area contributed by atoms with Gasteiger partial charge in [-0.2, -0.15) is 5.10 Å². The monoisotopic (exact) mass is 288 g/mol. The van der Waals surface area contributed by atoms with Crippen molar-refractivity contribution in [1.29, 1.82) is 0 Å². The molecule has 2 heterocycles. The van der Waals surface area contributed by atoms with Gasteiger partial charge in [0.1, 0.15) is 5.52 Å². The molecule has 2 aromatic rings. The van der Waals surface area contributed by atoms with Crippen molar-refractivity contribution in [2.24, 2.45) is 5.41 Å². The molecule has 5 nitrogen and oxygen atoms in total. The molecule has 0 bridgehead atoms. The summed E-state index contributed by atoms with van der Waals surface area (Å²) in [5.41, 5.74) is 2.57. The molecule has 1 aliphatic carbocycles. The minimum Gasteiger partial charge on any atom is -0.385 e. The van der Waals surface area contributed by atoms with Crippen LogP contribution in [0, 0.1) is 5.41 Å². The lowest BCUT2D eigenvalue weighted by atomic mass is 10.0. The number of nitrogens with one attached hydrogen (secondary N) is 1. The van der Waals surface area contributed by atoms with Crippen molar-refractivity contribution in [2.45, 2.75) is 39.0 Å². The Morgan fingerprint density at radius 3 is 2.90 bits per heavy atom. The summed E-state index contributed by atoms with van der Waals surface area (Å²) in [6, 6.07) is 2.13. The van der Waals surface area contributed by atoms with Crippen molar-refractivity contribution in [3.8, 4) is 0 Å². The number of ether oxygens (including phenoxy) is 1. The van der Waals surface area contributed by atoms with E-state index in [2.05, 4.69) is 35.3 Å². The molecule has 0 amide bonds. The first-order chi connectivity index (χ1) is 10.1. The molecule has 1 saturated carbocycles. The third-order valence-corrected chi connectivity index (χ3v) is 4.42. The largest absolute Gasteiger partial charge is 0.385 e. The molecule has 3 rings (SSSR count). The zero-order valence-corrected chi connectivity index (χ0v) is 13.1. The lowest BCUT2D eigenvalue weighted by Crippen LogP contribution is -2.18. The molecule has 0 aliphatic heterocycles.